The van der Waals surface area contributed by atoms with Gasteiger partial charge < -0.3 is 0 Å². The zero-order chi connectivity index (χ0) is 11.1. The van der Waals surface area contributed by atoms with Gasteiger partial charge in [0.1, 0.15) is 0 Å². The van der Waals surface area contributed by atoms with Gasteiger partial charge in [-0.05, 0) is 36.8 Å². The largest absolute Gasteiger partial charge is 0.0622 e. The summed E-state index contributed by atoms with van der Waals surface area (Å²) in [5.41, 5.74) is 2.91. The van der Waals surface area contributed by atoms with E-state index in [1.54, 1.807) is 0 Å². The summed E-state index contributed by atoms with van der Waals surface area (Å²) in [7, 11) is 0. The SMILES string of the molecule is c1ccc(CCCCc2ccccc2)cc1. The molecule has 0 aliphatic rings. The average molecular weight is 210 g/mol. The number of benzene rings is 2. The Morgan fingerprint density at radius 3 is 1.25 bits per heavy atom. The van der Waals surface area contributed by atoms with Gasteiger partial charge in [0.05, 0.1) is 0 Å². The second kappa shape index (κ2) is 6.12. The molecule has 0 heterocycles. The Balaban J connectivity index is 1.70. The van der Waals surface area contributed by atoms with E-state index >= 15 is 0 Å². The first kappa shape index (κ1) is 10.9. The maximum Gasteiger partial charge on any atom is -0.0279 e. The number of unbranched alkanes of at least 4 members (excludes halogenated alkanes) is 1. The maximum absolute atomic E-state index is 2.21. The minimum absolute atomic E-state index is 1.20. The summed E-state index contributed by atoms with van der Waals surface area (Å²) >= 11 is 0. The van der Waals surface area contributed by atoms with Crippen molar-refractivity contribution in [1.29, 1.82) is 0 Å². The highest BCUT2D eigenvalue weighted by molar-refractivity contribution is 5.16. The minimum atomic E-state index is 1.20. The molecular formula is C16H18. The molecule has 2 aromatic rings. The lowest BCUT2D eigenvalue weighted by atomic mass is 10.0. The standard InChI is InChI=1S/C16H18/c1-3-9-15(10-4-1)13-7-8-14-16-11-5-2-6-12-16/h1-6,9-12H,7-8,13-14H2. The van der Waals surface area contributed by atoms with Crippen LogP contribution in [0.2, 0.25) is 0 Å². The number of hydrogen-bond acceptors (Lipinski definition) is 0. The van der Waals surface area contributed by atoms with Gasteiger partial charge >= 0.3 is 0 Å². The number of hydrogen-bond donors (Lipinski definition) is 0. The molecule has 0 spiro atoms. The molecular weight excluding hydrogens is 192 g/mol. The van der Waals surface area contributed by atoms with E-state index < -0.39 is 0 Å². The highest BCUT2D eigenvalue weighted by Gasteiger charge is 1.94. The first-order valence-electron chi connectivity index (χ1n) is 6.03. The molecule has 0 saturated carbocycles. The van der Waals surface area contributed by atoms with Crippen LogP contribution < -0.4 is 0 Å². The van der Waals surface area contributed by atoms with Gasteiger partial charge in [-0.1, -0.05) is 60.7 Å². The Hall–Kier alpha value is -1.56. The third-order valence-corrected chi connectivity index (χ3v) is 2.87. The third-order valence-electron chi connectivity index (χ3n) is 2.87. The van der Waals surface area contributed by atoms with Gasteiger partial charge in [-0.25, -0.2) is 0 Å². The lowest BCUT2D eigenvalue weighted by molar-refractivity contribution is 0.734. The van der Waals surface area contributed by atoms with Gasteiger partial charge in [-0.3, -0.25) is 0 Å². The third kappa shape index (κ3) is 3.54. The summed E-state index contributed by atoms with van der Waals surface area (Å²) in [5.74, 6) is 0. The topological polar surface area (TPSA) is 0 Å². The van der Waals surface area contributed by atoms with Crippen molar-refractivity contribution in [2.45, 2.75) is 25.7 Å². The molecule has 0 fully saturated rings. The van der Waals surface area contributed by atoms with Crippen LogP contribution in [-0.4, -0.2) is 0 Å². The van der Waals surface area contributed by atoms with Crippen LogP contribution in [0.3, 0.4) is 0 Å². The molecule has 2 aromatic carbocycles. The minimum Gasteiger partial charge on any atom is -0.0622 e. The molecule has 0 aromatic heterocycles. The van der Waals surface area contributed by atoms with Gasteiger partial charge in [0.15, 0.2) is 0 Å². The fraction of sp³-hybridized carbons (Fsp3) is 0.250. The lowest BCUT2D eigenvalue weighted by Gasteiger charge is -2.02. The Morgan fingerprint density at radius 1 is 0.500 bits per heavy atom. The van der Waals surface area contributed by atoms with E-state index in [4.69, 9.17) is 0 Å². The second-order valence-electron chi connectivity index (χ2n) is 4.18. The van der Waals surface area contributed by atoms with E-state index in [9.17, 15) is 0 Å². The van der Waals surface area contributed by atoms with E-state index in [1.807, 2.05) is 0 Å². The van der Waals surface area contributed by atoms with Gasteiger partial charge in [-0.15, -0.1) is 0 Å². The summed E-state index contributed by atoms with van der Waals surface area (Å²) in [6.45, 7) is 0. The zero-order valence-electron chi connectivity index (χ0n) is 9.60. The van der Waals surface area contributed by atoms with Crippen molar-refractivity contribution in [2.24, 2.45) is 0 Å². The Morgan fingerprint density at radius 2 is 0.875 bits per heavy atom. The van der Waals surface area contributed by atoms with Crippen molar-refractivity contribution >= 4 is 0 Å². The molecule has 0 nitrogen and oxygen atoms in total. The fourth-order valence-electron chi connectivity index (χ4n) is 1.95. The monoisotopic (exact) mass is 210 g/mol. The molecule has 0 N–H and O–H groups in total. The summed E-state index contributed by atoms with van der Waals surface area (Å²) in [6, 6.07) is 21.5. The molecule has 0 aliphatic carbocycles. The van der Waals surface area contributed by atoms with E-state index in [1.165, 1.54) is 36.8 Å². The highest BCUT2D eigenvalue weighted by atomic mass is 14.0. The average Bonchev–Trinajstić information content (AvgIpc) is 2.37. The van der Waals surface area contributed by atoms with Crippen LogP contribution in [-0.2, 0) is 12.8 Å². The van der Waals surface area contributed by atoms with Gasteiger partial charge in [0.2, 0.25) is 0 Å². The predicted molar refractivity (Wildman–Crippen MR) is 69.5 cm³/mol. The van der Waals surface area contributed by atoms with E-state index in [0.29, 0.717) is 0 Å². The second-order valence-corrected chi connectivity index (χ2v) is 4.18. The summed E-state index contributed by atoms with van der Waals surface area (Å²) < 4.78 is 0. The van der Waals surface area contributed by atoms with Gasteiger partial charge in [-0.2, -0.15) is 0 Å². The number of aryl methyl sites for hydroxylation is 2. The van der Waals surface area contributed by atoms with Crippen LogP contribution in [0.1, 0.15) is 24.0 Å². The first-order valence-corrected chi connectivity index (χ1v) is 6.03. The van der Waals surface area contributed by atoms with Crippen molar-refractivity contribution in [3.63, 3.8) is 0 Å². The van der Waals surface area contributed by atoms with E-state index in [2.05, 4.69) is 60.7 Å². The molecule has 0 heteroatoms. The maximum atomic E-state index is 2.21. The van der Waals surface area contributed by atoms with Crippen LogP contribution in [0.25, 0.3) is 0 Å². The Bertz CT molecular complexity index is 347. The molecule has 0 aliphatic heterocycles. The lowest BCUT2D eigenvalue weighted by Crippen LogP contribution is -1.88. The molecule has 82 valence electrons. The van der Waals surface area contributed by atoms with Crippen LogP contribution in [0.4, 0.5) is 0 Å². The van der Waals surface area contributed by atoms with Crippen molar-refractivity contribution in [2.75, 3.05) is 0 Å². The summed E-state index contributed by atoms with van der Waals surface area (Å²) in [6.07, 6.45) is 4.96. The van der Waals surface area contributed by atoms with Crippen molar-refractivity contribution in [1.82, 2.24) is 0 Å². The molecule has 0 unspecified atom stereocenters. The zero-order valence-corrected chi connectivity index (χ0v) is 9.60. The molecule has 2 rings (SSSR count). The van der Waals surface area contributed by atoms with E-state index in [0.717, 1.165) is 0 Å². The van der Waals surface area contributed by atoms with Crippen LogP contribution in [0.15, 0.2) is 60.7 Å². The molecule has 16 heavy (non-hydrogen) atoms. The highest BCUT2D eigenvalue weighted by Crippen LogP contribution is 2.08. The van der Waals surface area contributed by atoms with E-state index in [-0.39, 0.29) is 0 Å². The van der Waals surface area contributed by atoms with Crippen LogP contribution in [0.5, 0.6) is 0 Å². The number of rotatable bonds is 5. The van der Waals surface area contributed by atoms with Gasteiger partial charge in [0.25, 0.3) is 0 Å². The molecule has 0 saturated heterocycles. The van der Waals surface area contributed by atoms with Crippen molar-refractivity contribution in [3.8, 4) is 0 Å². The van der Waals surface area contributed by atoms with Crippen molar-refractivity contribution < 1.29 is 0 Å². The van der Waals surface area contributed by atoms with Crippen LogP contribution in [0, 0.1) is 0 Å². The Labute approximate surface area is 97.9 Å². The predicted octanol–water partition coefficient (Wildman–Crippen LogP) is 4.25. The molecule has 0 radical (unpaired) electrons. The molecule has 0 amide bonds. The first-order chi connectivity index (χ1) is 7.95. The molecule has 0 atom stereocenters. The summed E-state index contributed by atoms with van der Waals surface area (Å²) in [5, 5.41) is 0. The smallest absolute Gasteiger partial charge is 0.0279 e. The van der Waals surface area contributed by atoms with Crippen molar-refractivity contribution in [3.05, 3.63) is 71.8 Å². The van der Waals surface area contributed by atoms with Crippen LogP contribution >= 0.6 is 0 Å². The van der Waals surface area contributed by atoms with Gasteiger partial charge in [0, 0.05) is 0 Å². The fourth-order valence-corrected chi connectivity index (χ4v) is 1.95. The quantitative estimate of drug-likeness (QED) is 0.647. The summed E-state index contributed by atoms with van der Waals surface area (Å²) in [4.78, 5) is 0. The normalized spacial score (nSPS) is 10.2. The molecule has 0 bridgehead atoms. The Kier molecular flexibility index (Phi) is 4.18.